The Bertz CT molecular complexity index is 584. The Morgan fingerprint density at radius 3 is 1.75 bits per heavy atom. The molecule has 2 aromatic carbocycles. The van der Waals surface area contributed by atoms with Crippen molar-refractivity contribution in [3.05, 3.63) is 59.7 Å². The highest BCUT2D eigenvalue weighted by Crippen LogP contribution is 2.32. The van der Waals surface area contributed by atoms with E-state index in [1.165, 1.54) is 0 Å². The quantitative estimate of drug-likeness (QED) is 0.890. The van der Waals surface area contributed by atoms with Gasteiger partial charge in [-0.1, -0.05) is 48.5 Å². The predicted molar refractivity (Wildman–Crippen MR) is 82.4 cm³/mol. The summed E-state index contributed by atoms with van der Waals surface area (Å²) in [6.45, 7) is 7.12. The second-order valence-electron chi connectivity index (χ2n) is 6.24. The van der Waals surface area contributed by atoms with Crippen LogP contribution in [-0.2, 0) is 11.2 Å². The predicted octanol–water partition coefficient (Wildman–Crippen LogP) is 3.81. The first kappa shape index (κ1) is 14.8. The lowest BCUT2D eigenvalue weighted by molar-refractivity contribution is 0.0780. The molecule has 0 aliphatic heterocycles. The van der Waals surface area contributed by atoms with Gasteiger partial charge in [-0.15, -0.1) is 0 Å². The lowest BCUT2D eigenvalue weighted by Gasteiger charge is -2.22. The summed E-state index contributed by atoms with van der Waals surface area (Å²) in [5, 5.41) is 20.3. The fourth-order valence-electron chi connectivity index (χ4n) is 2.33. The van der Waals surface area contributed by atoms with Gasteiger partial charge in [0.15, 0.2) is 0 Å². The maximum atomic E-state index is 10.3. The summed E-state index contributed by atoms with van der Waals surface area (Å²) in [5.74, 6) is 0. The molecule has 2 heteroatoms. The Hall–Kier alpha value is -1.64. The van der Waals surface area contributed by atoms with Crippen LogP contribution < -0.4 is 0 Å². The summed E-state index contributed by atoms with van der Waals surface area (Å²) in [6, 6.07) is 15.7. The second kappa shape index (κ2) is 5.04. The molecule has 2 N–H and O–H groups in total. The Morgan fingerprint density at radius 2 is 1.25 bits per heavy atom. The van der Waals surface area contributed by atoms with Crippen molar-refractivity contribution < 1.29 is 10.2 Å². The summed E-state index contributed by atoms with van der Waals surface area (Å²) in [5.41, 5.74) is 2.11. The number of rotatable bonds is 3. The minimum absolute atomic E-state index is 0.839. The van der Waals surface area contributed by atoms with E-state index in [0.717, 1.165) is 22.3 Å². The highest BCUT2D eigenvalue weighted by atomic mass is 16.3. The van der Waals surface area contributed by atoms with Crippen molar-refractivity contribution in [2.24, 2.45) is 0 Å². The molecule has 0 heterocycles. The van der Waals surface area contributed by atoms with E-state index in [-0.39, 0.29) is 0 Å². The first-order chi connectivity index (χ1) is 9.19. The average Bonchev–Trinajstić information content (AvgIpc) is 2.37. The zero-order chi connectivity index (χ0) is 15.0. The largest absolute Gasteiger partial charge is 0.386 e. The van der Waals surface area contributed by atoms with E-state index in [9.17, 15) is 10.2 Å². The van der Waals surface area contributed by atoms with E-state index in [0.29, 0.717) is 0 Å². The van der Waals surface area contributed by atoms with Crippen LogP contribution in [0, 0.1) is 0 Å². The van der Waals surface area contributed by atoms with E-state index in [4.69, 9.17) is 0 Å². The molecule has 0 atom stereocenters. The van der Waals surface area contributed by atoms with Crippen LogP contribution >= 0.6 is 0 Å². The van der Waals surface area contributed by atoms with Gasteiger partial charge >= 0.3 is 0 Å². The van der Waals surface area contributed by atoms with Crippen molar-refractivity contribution in [1.82, 2.24) is 0 Å². The van der Waals surface area contributed by atoms with Crippen LogP contribution in [0.2, 0.25) is 0 Å². The van der Waals surface area contributed by atoms with Crippen LogP contribution in [0.4, 0.5) is 0 Å². The van der Waals surface area contributed by atoms with Gasteiger partial charge in [0.1, 0.15) is 0 Å². The van der Waals surface area contributed by atoms with Crippen LogP contribution in [0.3, 0.4) is 0 Å². The molecule has 0 amide bonds. The van der Waals surface area contributed by atoms with Crippen molar-refractivity contribution in [2.75, 3.05) is 0 Å². The minimum Gasteiger partial charge on any atom is -0.386 e. The highest BCUT2D eigenvalue weighted by Gasteiger charge is 2.21. The van der Waals surface area contributed by atoms with E-state index >= 15 is 0 Å². The standard InChI is InChI=1S/C18H22O2/c1-17(2,19)14-11-9-13(10-12-14)15-7-5-6-8-16(15)18(3,4)20/h5-12,19-20H,1-4H3. The lowest BCUT2D eigenvalue weighted by atomic mass is 9.88. The van der Waals surface area contributed by atoms with Crippen molar-refractivity contribution in [3.8, 4) is 11.1 Å². The van der Waals surface area contributed by atoms with E-state index in [1.54, 1.807) is 27.7 Å². The van der Waals surface area contributed by atoms with Crippen LogP contribution in [0.25, 0.3) is 11.1 Å². The van der Waals surface area contributed by atoms with Gasteiger partial charge in [0, 0.05) is 0 Å². The van der Waals surface area contributed by atoms with Gasteiger partial charge in [0.25, 0.3) is 0 Å². The van der Waals surface area contributed by atoms with Crippen molar-refractivity contribution in [2.45, 2.75) is 38.9 Å². The van der Waals surface area contributed by atoms with E-state index in [2.05, 4.69) is 0 Å². The average molecular weight is 270 g/mol. The molecule has 0 fully saturated rings. The van der Waals surface area contributed by atoms with Gasteiger partial charge in [-0.05, 0) is 49.9 Å². The maximum absolute atomic E-state index is 10.3. The normalized spacial score (nSPS) is 12.5. The molecule has 106 valence electrons. The summed E-state index contributed by atoms with van der Waals surface area (Å²) in [6.07, 6.45) is 0. The summed E-state index contributed by atoms with van der Waals surface area (Å²) in [4.78, 5) is 0. The Labute approximate surface area is 120 Å². The Balaban J connectivity index is 2.48. The fourth-order valence-corrected chi connectivity index (χ4v) is 2.33. The highest BCUT2D eigenvalue weighted by molar-refractivity contribution is 5.68. The molecule has 0 spiro atoms. The third-order valence-corrected chi connectivity index (χ3v) is 3.49. The zero-order valence-corrected chi connectivity index (χ0v) is 12.5. The topological polar surface area (TPSA) is 40.5 Å². The van der Waals surface area contributed by atoms with E-state index in [1.807, 2.05) is 48.5 Å². The smallest absolute Gasteiger partial charge is 0.0846 e. The van der Waals surface area contributed by atoms with Gasteiger partial charge in [-0.3, -0.25) is 0 Å². The molecule has 0 aliphatic rings. The number of benzene rings is 2. The Morgan fingerprint density at radius 1 is 0.700 bits per heavy atom. The van der Waals surface area contributed by atoms with Gasteiger partial charge in [-0.25, -0.2) is 0 Å². The minimum atomic E-state index is -0.883. The molecule has 2 rings (SSSR count). The van der Waals surface area contributed by atoms with Crippen LogP contribution in [-0.4, -0.2) is 10.2 Å². The number of aliphatic hydroxyl groups is 2. The maximum Gasteiger partial charge on any atom is 0.0846 e. The first-order valence-corrected chi connectivity index (χ1v) is 6.85. The molecule has 0 radical (unpaired) electrons. The van der Waals surface area contributed by atoms with Gasteiger partial charge in [0.05, 0.1) is 11.2 Å². The summed E-state index contributed by atoms with van der Waals surface area (Å²) in [7, 11) is 0. The molecular formula is C18H22O2. The van der Waals surface area contributed by atoms with Crippen molar-refractivity contribution in [1.29, 1.82) is 0 Å². The molecule has 0 aromatic heterocycles. The zero-order valence-electron chi connectivity index (χ0n) is 12.5. The van der Waals surface area contributed by atoms with Crippen LogP contribution in [0.5, 0.6) is 0 Å². The molecule has 20 heavy (non-hydrogen) atoms. The van der Waals surface area contributed by atoms with Gasteiger partial charge < -0.3 is 10.2 Å². The number of hydrogen-bond acceptors (Lipinski definition) is 2. The Kier molecular flexibility index (Phi) is 3.72. The first-order valence-electron chi connectivity index (χ1n) is 6.85. The lowest BCUT2D eigenvalue weighted by Crippen LogP contribution is -2.17. The molecule has 0 unspecified atom stereocenters. The van der Waals surface area contributed by atoms with Crippen LogP contribution in [0.15, 0.2) is 48.5 Å². The van der Waals surface area contributed by atoms with Crippen molar-refractivity contribution in [3.63, 3.8) is 0 Å². The SMILES string of the molecule is CC(C)(O)c1ccc(-c2ccccc2C(C)(C)O)cc1. The fraction of sp³-hybridized carbons (Fsp3) is 0.333. The number of hydrogen-bond donors (Lipinski definition) is 2. The van der Waals surface area contributed by atoms with Crippen molar-refractivity contribution >= 4 is 0 Å². The molecule has 2 nitrogen and oxygen atoms in total. The molecule has 0 aliphatic carbocycles. The van der Waals surface area contributed by atoms with Gasteiger partial charge in [0.2, 0.25) is 0 Å². The monoisotopic (exact) mass is 270 g/mol. The molecule has 0 bridgehead atoms. The molecule has 0 saturated heterocycles. The second-order valence-corrected chi connectivity index (χ2v) is 6.24. The van der Waals surface area contributed by atoms with E-state index < -0.39 is 11.2 Å². The van der Waals surface area contributed by atoms with Gasteiger partial charge in [-0.2, -0.15) is 0 Å². The third kappa shape index (κ3) is 3.09. The third-order valence-electron chi connectivity index (χ3n) is 3.49. The molecule has 0 saturated carbocycles. The molecule has 2 aromatic rings. The van der Waals surface area contributed by atoms with Crippen LogP contribution in [0.1, 0.15) is 38.8 Å². The summed E-state index contributed by atoms with van der Waals surface area (Å²) >= 11 is 0. The summed E-state index contributed by atoms with van der Waals surface area (Å²) < 4.78 is 0. The molecular weight excluding hydrogens is 248 g/mol.